The Morgan fingerprint density at radius 2 is 2.00 bits per heavy atom. The molecule has 0 saturated heterocycles. The lowest BCUT2D eigenvalue weighted by Crippen LogP contribution is -2.02. The van der Waals surface area contributed by atoms with E-state index in [2.05, 4.69) is 4.74 Å². The Morgan fingerprint density at radius 1 is 1.56 bits per heavy atom. The maximum absolute atomic E-state index is 11.3. The van der Waals surface area contributed by atoms with Gasteiger partial charge in [-0.15, -0.1) is 0 Å². The van der Waals surface area contributed by atoms with E-state index in [1.165, 1.54) is 0 Å². The summed E-state index contributed by atoms with van der Waals surface area (Å²) in [7, 11) is 1.06. The highest BCUT2D eigenvalue weighted by Crippen LogP contribution is 2.19. The van der Waals surface area contributed by atoms with Crippen molar-refractivity contribution in [3.05, 3.63) is 11.3 Å². The Balaban J connectivity index is 3.95. The number of halogens is 4. The zero-order chi connectivity index (χ0) is 7.49. The Bertz CT molecular complexity index is 117. The van der Waals surface area contributed by atoms with Crippen LogP contribution in [0.4, 0.5) is 13.2 Å². The fourth-order valence-electron chi connectivity index (χ4n) is 0.188. The van der Waals surface area contributed by atoms with Gasteiger partial charge in [0.2, 0.25) is 0 Å². The van der Waals surface area contributed by atoms with E-state index in [1.807, 2.05) is 0 Å². The Labute approximate surface area is 55.1 Å². The standard InChI is InChI=1S/C4H4ClF3O/c1-9-3(5)2-4(6,7)8/h2H,1H3. The number of hydrogen-bond acceptors (Lipinski definition) is 1. The predicted octanol–water partition coefficient (Wildman–Crippen LogP) is 2.28. The molecule has 5 heteroatoms. The molecule has 1 nitrogen and oxygen atoms in total. The lowest BCUT2D eigenvalue weighted by molar-refractivity contribution is -0.0817. The van der Waals surface area contributed by atoms with Crippen LogP contribution in [0.15, 0.2) is 11.3 Å². The summed E-state index contributed by atoms with van der Waals surface area (Å²) in [5.74, 6) is 0. The van der Waals surface area contributed by atoms with Crippen molar-refractivity contribution in [1.29, 1.82) is 0 Å². The van der Waals surface area contributed by atoms with Gasteiger partial charge in [0.05, 0.1) is 13.2 Å². The first-order valence-corrected chi connectivity index (χ1v) is 2.32. The minimum absolute atomic E-state index is 0.130. The average molecular weight is 161 g/mol. The van der Waals surface area contributed by atoms with Crippen LogP contribution < -0.4 is 0 Å². The van der Waals surface area contributed by atoms with E-state index in [1.54, 1.807) is 0 Å². The number of alkyl halides is 3. The van der Waals surface area contributed by atoms with Gasteiger partial charge in [-0.1, -0.05) is 0 Å². The molecule has 0 heterocycles. The topological polar surface area (TPSA) is 9.23 Å². The highest BCUT2D eigenvalue weighted by atomic mass is 35.5. The first kappa shape index (κ1) is 8.62. The van der Waals surface area contributed by atoms with E-state index in [0.29, 0.717) is 0 Å². The van der Waals surface area contributed by atoms with E-state index in [-0.39, 0.29) is 6.08 Å². The fraction of sp³-hybridized carbons (Fsp3) is 0.500. The third-order valence-electron chi connectivity index (χ3n) is 0.472. The smallest absolute Gasteiger partial charge is 0.414 e. The lowest BCUT2D eigenvalue weighted by atomic mass is 10.6. The van der Waals surface area contributed by atoms with Crippen LogP contribution in [0, 0.1) is 0 Å². The summed E-state index contributed by atoms with van der Waals surface area (Å²) in [4.78, 5) is 0. The number of rotatable bonds is 1. The van der Waals surface area contributed by atoms with Gasteiger partial charge in [0.25, 0.3) is 0 Å². The molecule has 0 atom stereocenters. The summed E-state index contributed by atoms with van der Waals surface area (Å²) in [5.41, 5.74) is 0. The molecule has 0 bridgehead atoms. The molecular formula is C4H4ClF3O. The largest absolute Gasteiger partial charge is 0.486 e. The van der Waals surface area contributed by atoms with Gasteiger partial charge >= 0.3 is 6.18 Å². The first-order valence-electron chi connectivity index (χ1n) is 1.95. The molecule has 0 unspecified atom stereocenters. The molecule has 0 aromatic carbocycles. The molecule has 0 aromatic heterocycles. The quantitative estimate of drug-likeness (QED) is 0.535. The highest BCUT2D eigenvalue weighted by Gasteiger charge is 2.24. The van der Waals surface area contributed by atoms with Crippen LogP contribution in [0.3, 0.4) is 0 Å². The molecule has 0 spiro atoms. The van der Waals surface area contributed by atoms with Crippen molar-refractivity contribution in [2.24, 2.45) is 0 Å². The Kier molecular flexibility index (Phi) is 2.84. The molecular weight excluding hydrogens is 156 g/mol. The molecule has 0 fully saturated rings. The van der Waals surface area contributed by atoms with Crippen molar-refractivity contribution in [2.75, 3.05) is 7.11 Å². The van der Waals surface area contributed by atoms with Crippen molar-refractivity contribution < 1.29 is 17.9 Å². The summed E-state index contributed by atoms with van der Waals surface area (Å²) >= 11 is 4.87. The zero-order valence-corrected chi connectivity index (χ0v) is 5.25. The van der Waals surface area contributed by atoms with Gasteiger partial charge in [-0.3, -0.25) is 0 Å². The van der Waals surface area contributed by atoms with Crippen molar-refractivity contribution in [2.45, 2.75) is 6.18 Å². The fourth-order valence-corrected chi connectivity index (χ4v) is 0.311. The van der Waals surface area contributed by atoms with Crippen LogP contribution >= 0.6 is 11.6 Å². The van der Waals surface area contributed by atoms with Crippen molar-refractivity contribution in [3.63, 3.8) is 0 Å². The maximum Gasteiger partial charge on any atom is 0.414 e. The SMILES string of the molecule is COC(Cl)=CC(F)(F)F. The molecule has 0 saturated carbocycles. The molecule has 0 amide bonds. The van der Waals surface area contributed by atoms with E-state index < -0.39 is 11.4 Å². The number of ether oxygens (including phenoxy) is 1. The van der Waals surface area contributed by atoms with Crippen LogP contribution in [0.1, 0.15) is 0 Å². The Morgan fingerprint density at radius 3 is 2.11 bits per heavy atom. The second kappa shape index (κ2) is 2.96. The average Bonchev–Trinajstić information content (AvgIpc) is 1.62. The van der Waals surface area contributed by atoms with Gasteiger partial charge in [-0.05, 0) is 11.6 Å². The minimum Gasteiger partial charge on any atom is -0.486 e. The normalized spacial score (nSPS) is 13.7. The molecule has 0 radical (unpaired) electrons. The van der Waals surface area contributed by atoms with Crippen LogP contribution in [0.5, 0.6) is 0 Å². The monoisotopic (exact) mass is 160 g/mol. The molecule has 0 rings (SSSR count). The summed E-state index contributed by atoms with van der Waals surface area (Å²) in [6, 6.07) is 0. The van der Waals surface area contributed by atoms with Gasteiger partial charge in [-0.25, -0.2) is 0 Å². The van der Waals surface area contributed by atoms with Crippen LogP contribution in [0.25, 0.3) is 0 Å². The zero-order valence-electron chi connectivity index (χ0n) is 4.50. The van der Waals surface area contributed by atoms with Gasteiger partial charge in [-0.2, -0.15) is 13.2 Å². The number of methoxy groups -OCH3 is 1. The Hall–Kier alpha value is -0.380. The summed E-state index contributed by atoms with van der Waals surface area (Å²) in [5, 5.41) is -0.664. The number of allylic oxidation sites excluding steroid dienone is 1. The van der Waals surface area contributed by atoms with Crippen molar-refractivity contribution in [3.8, 4) is 0 Å². The number of hydrogen-bond donors (Lipinski definition) is 0. The molecule has 0 aliphatic heterocycles. The molecule has 0 N–H and O–H groups in total. The van der Waals surface area contributed by atoms with E-state index in [4.69, 9.17) is 11.6 Å². The van der Waals surface area contributed by atoms with E-state index in [9.17, 15) is 13.2 Å². The molecule has 9 heavy (non-hydrogen) atoms. The maximum atomic E-state index is 11.3. The highest BCUT2D eigenvalue weighted by molar-refractivity contribution is 6.28. The minimum atomic E-state index is -4.40. The van der Waals surface area contributed by atoms with Crippen LogP contribution in [0.2, 0.25) is 0 Å². The molecule has 0 aromatic rings. The second-order valence-electron chi connectivity index (χ2n) is 1.19. The van der Waals surface area contributed by atoms with Crippen LogP contribution in [-0.2, 0) is 4.74 Å². The molecule has 0 aliphatic rings. The first-order chi connectivity index (χ1) is 3.95. The lowest BCUT2D eigenvalue weighted by Gasteiger charge is -1.99. The predicted molar refractivity (Wildman–Crippen MR) is 27.0 cm³/mol. The van der Waals surface area contributed by atoms with E-state index in [0.717, 1.165) is 7.11 Å². The van der Waals surface area contributed by atoms with Crippen molar-refractivity contribution in [1.82, 2.24) is 0 Å². The van der Waals surface area contributed by atoms with Gasteiger partial charge in [0.15, 0.2) is 5.22 Å². The van der Waals surface area contributed by atoms with Gasteiger partial charge < -0.3 is 4.74 Å². The summed E-state index contributed by atoms with van der Waals surface area (Å²) < 4.78 is 37.8. The third-order valence-corrected chi connectivity index (χ3v) is 0.736. The van der Waals surface area contributed by atoms with Gasteiger partial charge in [0.1, 0.15) is 0 Å². The molecule has 0 aliphatic carbocycles. The van der Waals surface area contributed by atoms with Crippen LogP contribution in [-0.4, -0.2) is 13.3 Å². The van der Waals surface area contributed by atoms with E-state index >= 15 is 0 Å². The van der Waals surface area contributed by atoms with Gasteiger partial charge in [0, 0.05) is 0 Å². The summed E-state index contributed by atoms with van der Waals surface area (Å²) in [6.45, 7) is 0. The summed E-state index contributed by atoms with van der Waals surface area (Å²) in [6.07, 6.45) is -4.53. The molecule has 54 valence electrons. The van der Waals surface area contributed by atoms with Crippen molar-refractivity contribution >= 4 is 11.6 Å². The third kappa shape index (κ3) is 5.49. The second-order valence-corrected chi connectivity index (χ2v) is 1.57.